The smallest absolute Gasteiger partial charge is 0.251 e. The second-order valence-electron chi connectivity index (χ2n) is 3.99. The van der Waals surface area contributed by atoms with Crippen LogP contribution in [0.4, 0.5) is 4.39 Å². The molecule has 1 aromatic carbocycles. The van der Waals surface area contributed by atoms with E-state index in [1.807, 2.05) is 19.1 Å². The summed E-state index contributed by atoms with van der Waals surface area (Å²) in [7, 11) is 0. The van der Waals surface area contributed by atoms with E-state index in [-0.39, 0.29) is 11.9 Å². The van der Waals surface area contributed by atoms with Gasteiger partial charge in [-0.05, 0) is 42.8 Å². The van der Waals surface area contributed by atoms with Gasteiger partial charge < -0.3 is 5.32 Å². The maximum Gasteiger partial charge on any atom is 0.251 e. The number of carbonyl (C=O) groups is 1. The van der Waals surface area contributed by atoms with Crippen molar-refractivity contribution in [2.45, 2.75) is 13.0 Å². The van der Waals surface area contributed by atoms with Gasteiger partial charge >= 0.3 is 0 Å². The number of nitrogens with zero attached hydrogens (tertiary/aromatic N) is 1. The molecule has 0 saturated carbocycles. The van der Waals surface area contributed by atoms with Crippen LogP contribution in [0.2, 0.25) is 0 Å². The van der Waals surface area contributed by atoms with Gasteiger partial charge in [0.15, 0.2) is 0 Å². The molecule has 2 aromatic rings. The molecule has 0 aliphatic rings. The summed E-state index contributed by atoms with van der Waals surface area (Å²) in [6.07, 6.45) is 3.33. The molecule has 92 valence electrons. The third-order valence-corrected chi connectivity index (χ3v) is 2.64. The molecule has 0 fully saturated rings. The van der Waals surface area contributed by atoms with Crippen molar-refractivity contribution in [1.29, 1.82) is 0 Å². The highest BCUT2D eigenvalue weighted by atomic mass is 19.1. The average Bonchev–Trinajstić information content (AvgIpc) is 2.39. The summed E-state index contributed by atoms with van der Waals surface area (Å²) in [5.41, 5.74) is 1.27. The predicted octanol–water partition coefficient (Wildman–Crippen LogP) is 2.71. The van der Waals surface area contributed by atoms with Gasteiger partial charge in [0.05, 0.1) is 6.04 Å². The molecule has 0 spiro atoms. The molecule has 1 aromatic heterocycles. The largest absolute Gasteiger partial charge is 0.346 e. The van der Waals surface area contributed by atoms with Crippen molar-refractivity contribution in [2.24, 2.45) is 0 Å². The summed E-state index contributed by atoms with van der Waals surface area (Å²) in [5, 5.41) is 2.81. The van der Waals surface area contributed by atoms with E-state index in [0.29, 0.717) is 5.56 Å². The summed E-state index contributed by atoms with van der Waals surface area (Å²) in [6.45, 7) is 1.87. The SMILES string of the molecule is C[C@H](NC(=O)c1cccc(F)c1)c1ccncc1. The van der Waals surface area contributed by atoms with Gasteiger partial charge in [0.1, 0.15) is 5.82 Å². The van der Waals surface area contributed by atoms with Crippen molar-refractivity contribution in [2.75, 3.05) is 0 Å². The molecule has 0 bridgehead atoms. The number of amides is 1. The van der Waals surface area contributed by atoms with Crippen LogP contribution in [0.1, 0.15) is 28.9 Å². The van der Waals surface area contributed by atoms with Crippen LogP contribution >= 0.6 is 0 Å². The minimum Gasteiger partial charge on any atom is -0.346 e. The zero-order chi connectivity index (χ0) is 13.0. The van der Waals surface area contributed by atoms with E-state index in [0.717, 1.165) is 5.56 Å². The Morgan fingerprint density at radius 1 is 1.28 bits per heavy atom. The van der Waals surface area contributed by atoms with Crippen LogP contribution in [0.25, 0.3) is 0 Å². The van der Waals surface area contributed by atoms with E-state index >= 15 is 0 Å². The highest BCUT2D eigenvalue weighted by Crippen LogP contribution is 2.12. The first-order chi connectivity index (χ1) is 8.66. The lowest BCUT2D eigenvalue weighted by Crippen LogP contribution is -2.26. The molecule has 0 aliphatic heterocycles. The second kappa shape index (κ2) is 5.40. The fourth-order valence-corrected chi connectivity index (χ4v) is 1.65. The molecule has 18 heavy (non-hydrogen) atoms. The van der Waals surface area contributed by atoms with Gasteiger partial charge in [-0.15, -0.1) is 0 Å². The number of halogens is 1. The van der Waals surface area contributed by atoms with Gasteiger partial charge in [-0.25, -0.2) is 4.39 Å². The first kappa shape index (κ1) is 12.2. The van der Waals surface area contributed by atoms with Crippen LogP contribution in [0.3, 0.4) is 0 Å². The normalized spacial score (nSPS) is 11.9. The predicted molar refractivity (Wildman–Crippen MR) is 66.5 cm³/mol. The quantitative estimate of drug-likeness (QED) is 0.902. The van der Waals surface area contributed by atoms with E-state index in [9.17, 15) is 9.18 Å². The number of nitrogens with one attached hydrogen (secondary N) is 1. The second-order valence-corrected chi connectivity index (χ2v) is 3.99. The average molecular weight is 244 g/mol. The molecule has 0 saturated heterocycles. The number of hydrogen-bond donors (Lipinski definition) is 1. The third kappa shape index (κ3) is 2.91. The first-order valence-electron chi connectivity index (χ1n) is 5.63. The van der Waals surface area contributed by atoms with E-state index in [2.05, 4.69) is 10.3 Å². The fraction of sp³-hybridized carbons (Fsp3) is 0.143. The molecule has 0 unspecified atom stereocenters. The number of pyridine rings is 1. The third-order valence-electron chi connectivity index (χ3n) is 2.64. The fourth-order valence-electron chi connectivity index (χ4n) is 1.65. The van der Waals surface area contributed by atoms with Crippen LogP contribution in [-0.2, 0) is 0 Å². The first-order valence-corrected chi connectivity index (χ1v) is 5.63. The van der Waals surface area contributed by atoms with Gasteiger partial charge in [-0.2, -0.15) is 0 Å². The standard InChI is InChI=1S/C14H13FN2O/c1-10(11-5-7-16-8-6-11)17-14(18)12-3-2-4-13(15)9-12/h2-10H,1H3,(H,17,18)/t10-/m0/s1. The molecular weight excluding hydrogens is 231 g/mol. The van der Waals surface area contributed by atoms with Gasteiger partial charge in [-0.1, -0.05) is 6.07 Å². The summed E-state index contributed by atoms with van der Waals surface area (Å²) < 4.78 is 13.0. The highest BCUT2D eigenvalue weighted by Gasteiger charge is 2.11. The van der Waals surface area contributed by atoms with Gasteiger partial charge in [0.25, 0.3) is 5.91 Å². The van der Waals surface area contributed by atoms with Crippen LogP contribution in [0.5, 0.6) is 0 Å². The number of aromatic nitrogens is 1. The van der Waals surface area contributed by atoms with E-state index in [1.54, 1.807) is 18.5 Å². The van der Waals surface area contributed by atoms with Gasteiger partial charge in [0.2, 0.25) is 0 Å². The number of carbonyl (C=O) groups excluding carboxylic acids is 1. The van der Waals surface area contributed by atoms with Crippen LogP contribution in [0, 0.1) is 5.82 Å². The van der Waals surface area contributed by atoms with Crippen molar-refractivity contribution in [1.82, 2.24) is 10.3 Å². The molecule has 0 aliphatic carbocycles. The van der Waals surface area contributed by atoms with E-state index in [4.69, 9.17) is 0 Å². The van der Waals surface area contributed by atoms with Crippen LogP contribution < -0.4 is 5.32 Å². The Labute approximate surface area is 105 Å². The Balaban J connectivity index is 2.08. The molecule has 2 rings (SSSR count). The lowest BCUT2D eigenvalue weighted by molar-refractivity contribution is 0.0939. The summed E-state index contributed by atoms with van der Waals surface area (Å²) in [6, 6.07) is 9.13. The van der Waals surface area contributed by atoms with Gasteiger partial charge in [-0.3, -0.25) is 9.78 Å². The zero-order valence-electron chi connectivity index (χ0n) is 9.93. The minimum atomic E-state index is -0.417. The molecule has 0 radical (unpaired) electrons. The summed E-state index contributed by atoms with van der Waals surface area (Å²) >= 11 is 0. The van der Waals surface area contributed by atoms with Crippen LogP contribution in [0.15, 0.2) is 48.8 Å². The van der Waals surface area contributed by atoms with Crippen molar-refractivity contribution < 1.29 is 9.18 Å². The van der Waals surface area contributed by atoms with Crippen molar-refractivity contribution in [3.63, 3.8) is 0 Å². The van der Waals surface area contributed by atoms with Crippen LogP contribution in [-0.4, -0.2) is 10.9 Å². The molecule has 3 nitrogen and oxygen atoms in total. The molecule has 1 atom stereocenters. The topological polar surface area (TPSA) is 42.0 Å². The molecule has 1 heterocycles. The van der Waals surface area contributed by atoms with Gasteiger partial charge in [0, 0.05) is 18.0 Å². The molecule has 1 N–H and O–H groups in total. The number of rotatable bonds is 3. The maximum atomic E-state index is 13.0. The van der Waals surface area contributed by atoms with E-state index in [1.165, 1.54) is 18.2 Å². The minimum absolute atomic E-state index is 0.149. The Morgan fingerprint density at radius 3 is 2.67 bits per heavy atom. The molecular formula is C14H13FN2O. The van der Waals surface area contributed by atoms with Crippen molar-refractivity contribution in [3.8, 4) is 0 Å². The lowest BCUT2D eigenvalue weighted by atomic mass is 10.1. The summed E-state index contributed by atoms with van der Waals surface area (Å²) in [5.74, 6) is -0.710. The van der Waals surface area contributed by atoms with Crippen molar-refractivity contribution in [3.05, 3.63) is 65.7 Å². The Bertz CT molecular complexity index is 543. The Morgan fingerprint density at radius 2 is 2.00 bits per heavy atom. The highest BCUT2D eigenvalue weighted by molar-refractivity contribution is 5.94. The van der Waals surface area contributed by atoms with E-state index < -0.39 is 5.82 Å². The molecule has 4 heteroatoms. The Kier molecular flexibility index (Phi) is 3.67. The lowest BCUT2D eigenvalue weighted by Gasteiger charge is -2.14. The number of benzene rings is 1. The Hall–Kier alpha value is -2.23. The zero-order valence-corrected chi connectivity index (χ0v) is 9.93. The molecule has 1 amide bonds. The maximum absolute atomic E-state index is 13.0. The van der Waals surface area contributed by atoms with Crippen molar-refractivity contribution >= 4 is 5.91 Å². The number of hydrogen-bond acceptors (Lipinski definition) is 2. The summed E-state index contributed by atoms with van der Waals surface area (Å²) in [4.78, 5) is 15.8. The monoisotopic (exact) mass is 244 g/mol.